The minimum absolute atomic E-state index is 0.236. The third-order valence-electron chi connectivity index (χ3n) is 3.61. The molecule has 0 saturated carbocycles. The third kappa shape index (κ3) is 5.81. The van der Waals surface area contributed by atoms with Crippen LogP contribution < -0.4 is 0 Å². The second-order valence-corrected chi connectivity index (χ2v) is 5.38. The van der Waals surface area contributed by atoms with Gasteiger partial charge < -0.3 is 29.2 Å². The monoisotopic (exact) mass is 306 g/mol. The van der Waals surface area contributed by atoms with Crippen LogP contribution in [0.15, 0.2) is 0 Å². The summed E-state index contributed by atoms with van der Waals surface area (Å²) in [7, 11) is 1.50. The number of aliphatic hydroxyl groups excluding tert-OH is 2. The first-order valence-electron chi connectivity index (χ1n) is 7.89. The lowest BCUT2D eigenvalue weighted by atomic mass is 9.99. The molecule has 0 aromatic rings. The highest BCUT2D eigenvalue weighted by Gasteiger charge is 2.45. The molecule has 1 rings (SSSR count). The second kappa shape index (κ2) is 10.5. The van der Waals surface area contributed by atoms with Crippen LogP contribution in [-0.2, 0) is 18.9 Å². The first kappa shape index (κ1) is 18.8. The van der Waals surface area contributed by atoms with Crippen LogP contribution >= 0.6 is 0 Å². The summed E-state index contributed by atoms with van der Waals surface area (Å²) in [4.78, 5) is 0. The molecule has 0 aromatic carbocycles. The first-order chi connectivity index (χ1) is 10.2. The fraction of sp³-hybridized carbons (Fsp3) is 1.00. The fourth-order valence-corrected chi connectivity index (χ4v) is 2.22. The lowest BCUT2D eigenvalue weighted by Gasteiger charge is -2.41. The molecule has 3 unspecified atom stereocenters. The molecule has 1 aliphatic heterocycles. The van der Waals surface area contributed by atoms with Crippen molar-refractivity contribution in [2.75, 3.05) is 26.9 Å². The van der Waals surface area contributed by atoms with Crippen LogP contribution in [0.1, 0.15) is 39.5 Å². The van der Waals surface area contributed by atoms with Gasteiger partial charge in [0, 0.05) is 20.3 Å². The molecule has 5 atom stereocenters. The summed E-state index contributed by atoms with van der Waals surface area (Å²) in [6.45, 7) is 5.50. The summed E-state index contributed by atoms with van der Waals surface area (Å²) in [6.07, 6.45) is -0.162. The van der Waals surface area contributed by atoms with E-state index in [4.69, 9.17) is 18.9 Å². The lowest BCUT2D eigenvalue weighted by Crippen LogP contribution is -2.60. The van der Waals surface area contributed by atoms with Gasteiger partial charge in [0.25, 0.3) is 0 Å². The summed E-state index contributed by atoms with van der Waals surface area (Å²) in [6, 6.07) is 0. The Morgan fingerprint density at radius 1 is 1.00 bits per heavy atom. The predicted octanol–water partition coefficient (Wildman–Crippen LogP) is 1.08. The van der Waals surface area contributed by atoms with Crippen LogP contribution in [0.5, 0.6) is 0 Å². The van der Waals surface area contributed by atoms with Gasteiger partial charge in [-0.3, -0.25) is 0 Å². The Hall–Kier alpha value is -0.240. The molecule has 6 nitrogen and oxygen atoms in total. The van der Waals surface area contributed by atoms with E-state index in [0.717, 1.165) is 25.7 Å². The van der Waals surface area contributed by atoms with E-state index in [0.29, 0.717) is 13.2 Å². The maximum atomic E-state index is 10.2. The van der Waals surface area contributed by atoms with E-state index in [9.17, 15) is 10.2 Å². The average Bonchev–Trinajstić information content (AvgIpc) is 2.49. The van der Waals surface area contributed by atoms with Crippen molar-refractivity contribution in [1.29, 1.82) is 0 Å². The summed E-state index contributed by atoms with van der Waals surface area (Å²) >= 11 is 0. The molecule has 0 aromatic heterocycles. The Morgan fingerprint density at radius 2 is 1.67 bits per heavy atom. The van der Waals surface area contributed by atoms with Crippen molar-refractivity contribution in [1.82, 2.24) is 0 Å². The van der Waals surface area contributed by atoms with Gasteiger partial charge in [0.2, 0.25) is 0 Å². The van der Waals surface area contributed by atoms with E-state index in [1.807, 2.05) is 0 Å². The third-order valence-corrected chi connectivity index (χ3v) is 3.61. The molecule has 1 saturated heterocycles. The van der Waals surface area contributed by atoms with Crippen LogP contribution in [0.4, 0.5) is 0 Å². The Labute approximate surface area is 127 Å². The van der Waals surface area contributed by atoms with Gasteiger partial charge in [-0.1, -0.05) is 26.7 Å². The molecule has 0 amide bonds. The van der Waals surface area contributed by atoms with Crippen molar-refractivity contribution in [2.24, 2.45) is 0 Å². The predicted molar refractivity (Wildman–Crippen MR) is 78.1 cm³/mol. The minimum atomic E-state index is -1.04. The molecule has 6 heteroatoms. The van der Waals surface area contributed by atoms with Crippen LogP contribution in [0.3, 0.4) is 0 Å². The quantitative estimate of drug-likeness (QED) is 0.588. The van der Waals surface area contributed by atoms with Gasteiger partial charge in [-0.05, 0) is 12.8 Å². The van der Waals surface area contributed by atoms with Gasteiger partial charge >= 0.3 is 0 Å². The highest BCUT2D eigenvalue weighted by molar-refractivity contribution is 4.90. The van der Waals surface area contributed by atoms with E-state index in [1.54, 1.807) is 0 Å². The standard InChI is InChI=1S/C15H30O6/c1-4-6-8-19-10-11-12(16)13(17)14(15(18-3)21-11)20-9-7-5-2/h11-17H,4-10H2,1-3H3/t11?,12-,13?,14?,15+/m0/s1. The van der Waals surface area contributed by atoms with Crippen molar-refractivity contribution < 1.29 is 29.2 Å². The minimum Gasteiger partial charge on any atom is -0.387 e. The molecule has 1 heterocycles. The van der Waals surface area contributed by atoms with Gasteiger partial charge in [0.05, 0.1) is 6.61 Å². The first-order valence-corrected chi connectivity index (χ1v) is 7.89. The number of hydrogen-bond acceptors (Lipinski definition) is 6. The van der Waals surface area contributed by atoms with E-state index >= 15 is 0 Å². The van der Waals surface area contributed by atoms with Crippen LogP contribution in [0.25, 0.3) is 0 Å². The number of rotatable bonds is 10. The zero-order chi connectivity index (χ0) is 15.7. The van der Waals surface area contributed by atoms with Gasteiger partial charge in [0.15, 0.2) is 6.29 Å². The fourth-order valence-electron chi connectivity index (χ4n) is 2.22. The number of ether oxygens (including phenoxy) is 4. The molecule has 2 N–H and O–H groups in total. The van der Waals surface area contributed by atoms with E-state index in [1.165, 1.54) is 7.11 Å². The molecule has 1 aliphatic rings. The van der Waals surface area contributed by atoms with E-state index < -0.39 is 30.7 Å². The number of unbranched alkanes of at least 4 members (excludes halogenated alkanes) is 2. The molecule has 0 radical (unpaired) electrons. The largest absolute Gasteiger partial charge is 0.387 e. The number of methoxy groups -OCH3 is 1. The second-order valence-electron chi connectivity index (χ2n) is 5.38. The Bertz CT molecular complexity index is 259. The molecule has 1 fully saturated rings. The normalized spacial score (nSPS) is 33.3. The van der Waals surface area contributed by atoms with Crippen molar-refractivity contribution in [2.45, 2.75) is 70.2 Å². The SMILES string of the molecule is CCCCOCC1O[C@@H](OC)C(OCCCC)C(O)[C@H]1O. The van der Waals surface area contributed by atoms with Crippen LogP contribution in [0, 0.1) is 0 Å². The van der Waals surface area contributed by atoms with Crippen LogP contribution in [0.2, 0.25) is 0 Å². The van der Waals surface area contributed by atoms with Crippen molar-refractivity contribution in [3.63, 3.8) is 0 Å². The Morgan fingerprint density at radius 3 is 2.29 bits per heavy atom. The smallest absolute Gasteiger partial charge is 0.186 e. The summed E-state index contributed by atoms with van der Waals surface area (Å²) < 4.78 is 22.0. The molecule has 21 heavy (non-hydrogen) atoms. The maximum Gasteiger partial charge on any atom is 0.186 e. The Balaban J connectivity index is 2.49. The molecule has 0 bridgehead atoms. The topological polar surface area (TPSA) is 77.4 Å². The van der Waals surface area contributed by atoms with Gasteiger partial charge in [-0.15, -0.1) is 0 Å². The maximum absolute atomic E-state index is 10.2. The summed E-state index contributed by atoms with van der Waals surface area (Å²) in [5.74, 6) is 0. The van der Waals surface area contributed by atoms with Crippen molar-refractivity contribution >= 4 is 0 Å². The lowest BCUT2D eigenvalue weighted by molar-refractivity contribution is -0.305. The molecular weight excluding hydrogens is 276 g/mol. The summed E-state index contributed by atoms with van der Waals surface area (Å²) in [5, 5.41) is 20.4. The van der Waals surface area contributed by atoms with E-state index in [-0.39, 0.29) is 6.61 Å². The molecule has 0 spiro atoms. The molecule has 0 aliphatic carbocycles. The molecule has 126 valence electrons. The number of hydrogen-bond donors (Lipinski definition) is 2. The molecular formula is C15H30O6. The van der Waals surface area contributed by atoms with Gasteiger partial charge in [0.1, 0.15) is 24.4 Å². The van der Waals surface area contributed by atoms with Crippen molar-refractivity contribution in [3.05, 3.63) is 0 Å². The Kier molecular flexibility index (Phi) is 9.39. The zero-order valence-electron chi connectivity index (χ0n) is 13.4. The highest BCUT2D eigenvalue weighted by atomic mass is 16.7. The number of aliphatic hydroxyl groups is 2. The van der Waals surface area contributed by atoms with Gasteiger partial charge in [-0.2, -0.15) is 0 Å². The zero-order valence-corrected chi connectivity index (χ0v) is 13.4. The van der Waals surface area contributed by atoms with E-state index in [2.05, 4.69) is 13.8 Å². The van der Waals surface area contributed by atoms with Gasteiger partial charge in [-0.25, -0.2) is 0 Å². The van der Waals surface area contributed by atoms with Crippen LogP contribution in [-0.4, -0.2) is 67.8 Å². The average molecular weight is 306 g/mol. The summed E-state index contributed by atoms with van der Waals surface area (Å²) in [5.41, 5.74) is 0. The van der Waals surface area contributed by atoms with Crippen molar-refractivity contribution in [3.8, 4) is 0 Å². The highest BCUT2D eigenvalue weighted by Crippen LogP contribution is 2.24.